The number of halogens is 1. The van der Waals surface area contributed by atoms with Gasteiger partial charge in [-0.05, 0) is 18.2 Å². The maximum Gasteiger partial charge on any atom is 0.345 e. The maximum atomic E-state index is 12.8. The summed E-state index contributed by atoms with van der Waals surface area (Å²) in [6.45, 7) is -0.240. The Kier molecular flexibility index (Phi) is 3.32. The van der Waals surface area contributed by atoms with Crippen LogP contribution in [0.4, 0.5) is 15.8 Å². The van der Waals surface area contributed by atoms with Gasteiger partial charge < -0.3 is 11.1 Å². The van der Waals surface area contributed by atoms with E-state index >= 15 is 0 Å². The molecule has 0 spiro atoms. The third kappa shape index (κ3) is 2.79. The predicted molar refractivity (Wildman–Crippen MR) is 66.9 cm³/mol. The molecule has 1 aromatic carbocycles. The average molecular weight is 265 g/mol. The van der Waals surface area contributed by atoms with E-state index in [4.69, 9.17) is 5.73 Å². The molecule has 0 bridgehead atoms. The second kappa shape index (κ2) is 4.92. The number of hydrogen-bond acceptors (Lipinski definition) is 4. The second-order valence-corrected chi connectivity index (χ2v) is 3.96. The van der Waals surface area contributed by atoms with Crippen LogP contribution < -0.4 is 16.7 Å². The van der Waals surface area contributed by atoms with Gasteiger partial charge in [0.25, 0.3) is 0 Å². The van der Waals surface area contributed by atoms with E-state index < -0.39 is 17.4 Å². The Bertz CT molecular complexity index is 676. The van der Waals surface area contributed by atoms with Gasteiger partial charge in [0, 0.05) is 7.05 Å². The summed E-state index contributed by atoms with van der Waals surface area (Å²) in [6, 6.07) is 3.63. The maximum absolute atomic E-state index is 12.8. The summed E-state index contributed by atoms with van der Waals surface area (Å²) in [7, 11) is 1.53. The van der Waals surface area contributed by atoms with Gasteiger partial charge in [0.15, 0.2) is 0 Å². The van der Waals surface area contributed by atoms with Crippen LogP contribution in [-0.4, -0.2) is 20.3 Å². The lowest BCUT2D eigenvalue weighted by Crippen LogP contribution is -2.29. The van der Waals surface area contributed by atoms with Gasteiger partial charge in [-0.3, -0.25) is 9.36 Å². The Morgan fingerprint density at radius 3 is 2.84 bits per heavy atom. The van der Waals surface area contributed by atoms with Crippen LogP contribution in [0.5, 0.6) is 0 Å². The molecule has 0 atom stereocenters. The molecule has 0 fully saturated rings. The number of nitrogens with one attached hydrogen (secondary N) is 1. The number of benzene rings is 1. The van der Waals surface area contributed by atoms with E-state index in [9.17, 15) is 14.0 Å². The fourth-order valence-electron chi connectivity index (χ4n) is 1.50. The number of aryl methyl sites for hydroxylation is 1. The third-order valence-electron chi connectivity index (χ3n) is 2.47. The number of nitrogens with zero attached hydrogens (tertiary/aromatic N) is 3. The molecule has 8 heteroatoms. The summed E-state index contributed by atoms with van der Waals surface area (Å²) < 4.78 is 15.1. The second-order valence-electron chi connectivity index (χ2n) is 3.96. The molecule has 2 rings (SSSR count). The number of amides is 1. The molecule has 7 nitrogen and oxygen atoms in total. The standard InChI is InChI=1S/C11H12FN5O2/c1-16-6-14-17(11(16)19)5-10(18)15-9-3-2-7(12)4-8(9)13/h2-4,6H,5,13H2,1H3,(H,15,18). The van der Waals surface area contributed by atoms with E-state index in [1.165, 1.54) is 30.1 Å². The van der Waals surface area contributed by atoms with Crippen LogP contribution in [0.1, 0.15) is 0 Å². The van der Waals surface area contributed by atoms with Crippen molar-refractivity contribution in [3.63, 3.8) is 0 Å². The van der Waals surface area contributed by atoms with Crippen LogP contribution in [-0.2, 0) is 18.4 Å². The van der Waals surface area contributed by atoms with Crippen LogP contribution in [0.3, 0.4) is 0 Å². The predicted octanol–water partition coefficient (Wildman–Crippen LogP) is -0.0582. The Labute approximate surface area is 107 Å². The number of nitrogen functional groups attached to an aromatic ring is 1. The van der Waals surface area contributed by atoms with Gasteiger partial charge in [-0.15, -0.1) is 0 Å². The fraction of sp³-hybridized carbons (Fsp3) is 0.182. The zero-order valence-electron chi connectivity index (χ0n) is 10.1. The van der Waals surface area contributed by atoms with Crippen molar-refractivity contribution in [2.45, 2.75) is 6.54 Å². The number of hydrogen-bond donors (Lipinski definition) is 2. The van der Waals surface area contributed by atoms with E-state index in [0.29, 0.717) is 0 Å². The molecular weight excluding hydrogens is 253 g/mol. The molecular formula is C11H12FN5O2. The summed E-state index contributed by atoms with van der Waals surface area (Å²) in [5, 5.41) is 6.23. The first-order chi connectivity index (χ1) is 8.97. The Morgan fingerprint density at radius 1 is 1.53 bits per heavy atom. The Balaban J connectivity index is 2.09. The molecule has 0 saturated carbocycles. The molecule has 0 aliphatic heterocycles. The Hall–Kier alpha value is -2.64. The first-order valence-corrected chi connectivity index (χ1v) is 5.40. The number of anilines is 2. The normalized spacial score (nSPS) is 10.4. The van der Waals surface area contributed by atoms with Crippen LogP contribution in [0.15, 0.2) is 29.3 Å². The third-order valence-corrected chi connectivity index (χ3v) is 2.47. The van der Waals surface area contributed by atoms with E-state index in [-0.39, 0.29) is 17.9 Å². The molecule has 100 valence electrons. The van der Waals surface area contributed by atoms with Gasteiger partial charge in [-0.1, -0.05) is 0 Å². The summed E-state index contributed by atoms with van der Waals surface area (Å²) in [4.78, 5) is 23.2. The van der Waals surface area contributed by atoms with Gasteiger partial charge in [-0.2, -0.15) is 5.10 Å². The molecule has 0 radical (unpaired) electrons. The Morgan fingerprint density at radius 2 is 2.26 bits per heavy atom. The molecule has 1 aromatic heterocycles. The van der Waals surface area contributed by atoms with E-state index in [1.54, 1.807) is 0 Å². The number of carbonyl (C=O) groups excluding carboxylic acids is 1. The minimum atomic E-state index is -0.489. The quantitative estimate of drug-likeness (QED) is 0.760. The number of nitrogens with two attached hydrogens (primary N) is 1. The molecule has 3 N–H and O–H groups in total. The first kappa shape index (κ1) is 12.8. The van der Waals surface area contributed by atoms with Crippen molar-refractivity contribution in [2.24, 2.45) is 7.05 Å². The van der Waals surface area contributed by atoms with Gasteiger partial charge in [0.1, 0.15) is 18.7 Å². The van der Waals surface area contributed by atoms with Crippen molar-refractivity contribution in [2.75, 3.05) is 11.1 Å². The first-order valence-electron chi connectivity index (χ1n) is 5.40. The SMILES string of the molecule is Cn1cnn(CC(=O)Nc2ccc(F)cc2N)c1=O. The molecule has 0 unspecified atom stereocenters. The summed E-state index contributed by atoms with van der Waals surface area (Å²) >= 11 is 0. The van der Waals surface area contributed by atoms with E-state index in [2.05, 4.69) is 10.4 Å². The van der Waals surface area contributed by atoms with Crippen molar-refractivity contribution in [3.8, 4) is 0 Å². The van der Waals surface area contributed by atoms with Crippen molar-refractivity contribution >= 4 is 17.3 Å². The van der Waals surface area contributed by atoms with Gasteiger partial charge in [-0.25, -0.2) is 13.9 Å². The molecule has 0 saturated heterocycles. The van der Waals surface area contributed by atoms with Crippen molar-refractivity contribution < 1.29 is 9.18 Å². The minimum absolute atomic E-state index is 0.113. The molecule has 0 aliphatic rings. The topological polar surface area (TPSA) is 94.9 Å². The number of rotatable bonds is 3. The van der Waals surface area contributed by atoms with E-state index in [0.717, 1.165) is 10.7 Å². The van der Waals surface area contributed by atoms with Crippen LogP contribution in [0.2, 0.25) is 0 Å². The van der Waals surface area contributed by atoms with Crippen molar-refractivity contribution in [3.05, 3.63) is 40.8 Å². The van der Waals surface area contributed by atoms with Crippen LogP contribution in [0, 0.1) is 5.82 Å². The zero-order chi connectivity index (χ0) is 14.0. The lowest BCUT2D eigenvalue weighted by atomic mass is 10.2. The summed E-state index contributed by atoms with van der Waals surface area (Å²) in [5.41, 5.74) is 5.55. The molecule has 0 aliphatic carbocycles. The fourth-order valence-corrected chi connectivity index (χ4v) is 1.50. The van der Waals surface area contributed by atoms with Gasteiger partial charge >= 0.3 is 5.69 Å². The van der Waals surface area contributed by atoms with Gasteiger partial charge in [0.05, 0.1) is 11.4 Å². The molecule has 1 amide bonds. The summed E-state index contributed by atoms with van der Waals surface area (Å²) in [5.74, 6) is -0.962. The molecule has 19 heavy (non-hydrogen) atoms. The van der Waals surface area contributed by atoms with Crippen molar-refractivity contribution in [1.82, 2.24) is 14.3 Å². The smallest absolute Gasteiger partial charge is 0.345 e. The highest BCUT2D eigenvalue weighted by molar-refractivity contribution is 5.93. The zero-order valence-corrected chi connectivity index (χ0v) is 10.1. The number of carbonyl (C=O) groups is 1. The number of aromatic nitrogens is 3. The van der Waals surface area contributed by atoms with Crippen LogP contribution >= 0.6 is 0 Å². The lowest BCUT2D eigenvalue weighted by molar-refractivity contribution is -0.117. The largest absolute Gasteiger partial charge is 0.397 e. The molecule has 1 heterocycles. The highest BCUT2D eigenvalue weighted by Gasteiger charge is 2.10. The average Bonchev–Trinajstić information content (AvgIpc) is 2.65. The summed E-state index contributed by atoms with van der Waals surface area (Å²) in [6.07, 6.45) is 1.31. The lowest BCUT2D eigenvalue weighted by Gasteiger charge is -2.07. The highest BCUT2D eigenvalue weighted by Crippen LogP contribution is 2.18. The molecule has 2 aromatic rings. The monoisotopic (exact) mass is 265 g/mol. The minimum Gasteiger partial charge on any atom is -0.397 e. The highest BCUT2D eigenvalue weighted by atomic mass is 19.1. The van der Waals surface area contributed by atoms with E-state index in [1.807, 2.05) is 0 Å². The van der Waals surface area contributed by atoms with Crippen LogP contribution in [0.25, 0.3) is 0 Å². The van der Waals surface area contributed by atoms with Crippen molar-refractivity contribution in [1.29, 1.82) is 0 Å². The van der Waals surface area contributed by atoms with Gasteiger partial charge in [0.2, 0.25) is 5.91 Å².